The highest BCUT2D eigenvalue weighted by Gasteiger charge is 2.29. The second-order valence-electron chi connectivity index (χ2n) is 17.4. The highest BCUT2D eigenvalue weighted by molar-refractivity contribution is 5.79. The van der Waals surface area contributed by atoms with Crippen molar-refractivity contribution in [2.24, 2.45) is 0 Å². The highest BCUT2D eigenvalue weighted by Crippen LogP contribution is 2.31. The van der Waals surface area contributed by atoms with Gasteiger partial charge in [-0.3, -0.25) is 48.5 Å². The van der Waals surface area contributed by atoms with Gasteiger partial charge >= 0.3 is 23.9 Å². The molecule has 5 rings (SSSR count). The summed E-state index contributed by atoms with van der Waals surface area (Å²) < 4.78 is 6.48. The number of benzene rings is 3. The van der Waals surface area contributed by atoms with Crippen molar-refractivity contribution in [1.29, 1.82) is 0 Å². The van der Waals surface area contributed by atoms with Crippen LogP contribution in [0.3, 0.4) is 0 Å². The lowest BCUT2D eigenvalue weighted by atomic mass is 9.95. The Morgan fingerprint density at radius 2 is 1.23 bits per heavy atom. The number of unbranched alkanes of at least 4 members (excludes halogenated alkanes) is 2. The first-order valence-electron chi connectivity index (χ1n) is 23.1. The van der Waals surface area contributed by atoms with Crippen LogP contribution in [0.25, 0.3) is 23.3 Å². The molecule has 0 aliphatic carbocycles. The number of rotatable bonds is 21. The third-order valence-corrected chi connectivity index (χ3v) is 12.4. The Bertz CT molecular complexity index is 2080. The van der Waals surface area contributed by atoms with Crippen molar-refractivity contribution in [3.8, 4) is 16.9 Å². The van der Waals surface area contributed by atoms with E-state index in [0.717, 1.165) is 59.3 Å². The number of aryl methyl sites for hydroxylation is 1. The number of carbonyl (C=O) groups is 5. The summed E-state index contributed by atoms with van der Waals surface area (Å²) in [6, 6.07) is 20.3. The van der Waals surface area contributed by atoms with Crippen molar-refractivity contribution >= 4 is 41.9 Å². The zero-order valence-electron chi connectivity index (χ0n) is 38.5. The molecule has 1 atom stereocenters. The van der Waals surface area contributed by atoms with Gasteiger partial charge in [0, 0.05) is 71.0 Å². The molecule has 3 aromatic carbocycles. The molecule has 1 amide bonds. The van der Waals surface area contributed by atoms with E-state index >= 15 is 0 Å². The molecule has 358 valence electrons. The third kappa shape index (κ3) is 17.0. The van der Waals surface area contributed by atoms with Crippen molar-refractivity contribution in [2.45, 2.75) is 65.0 Å². The molecule has 2 aliphatic heterocycles. The smallest absolute Gasteiger partial charge is 0.320 e. The minimum atomic E-state index is -1.02. The minimum absolute atomic E-state index is 0.0564. The highest BCUT2D eigenvalue weighted by atomic mass is 16.5. The third-order valence-electron chi connectivity index (χ3n) is 12.4. The number of nitrogens with zero attached hydrogens (tertiary/aromatic N) is 5. The topological polar surface area (TPSA) is 204 Å². The molecule has 0 unspecified atom stereocenters. The normalized spacial score (nSPS) is 17.8. The fourth-order valence-corrected chi connectivity index (χ4v) is 8.68. The fraction of sp³-hybridized carbons (Fsp3) is 0.500. The molecule has 0 saturated carbocycles. The summed E-state index contributed by atoms with van der Waals surface area (Å²) in [5, 5.41) is 41.5. The number of amides is 1. The Labute approximate surface area is 388 Å². The van der Waals surface area contributed by atoms with E-state index in [9.17, 15) is 44.4 Å². The van der Waals surface area contributed by atoms with Crippen LogP contribution in [-0.2, 0) is 30.5 Å². The van der Waals surface area contributed by atoms with Gasteiger partial charge in [-0.25, -0.2) is 0 Å². The number of carboxylic acids is 4. The van der Waals surface area contributed by atoms with E-state index in [0.29, 0.717) is 91.4 Å². The number of likely N-dealkylation sites (tertiary alicyclic amines) is 1. The lowest BCUT2D eigenvalue weighted by Gasteiger charge is -2.33. The molecule has 3 aromatic rings. The second-order valence-corrected chi connectivity index (χ2v) is 17.4. The maximum atomic E-state index is 13.2. The molecular weight excluding hydrogens is 845 g/mol. The summed E-state index contributed by atoms with van der Waals surface area (Å²) >= 11 is 0. The molecule has 2 fully saturated rings. The van der Waals surface area contributed by atoms with E-state index in [1.807, 2.05) is 28.0 Å². The Kier molecular flexibility index (Phi) is 20.6. The number of hydrogen-bond acceptors (Lipinski definition) is 11. The average Bonchev–Trinajstić information content (AvgIpc) is 3.27. The molecule has 16 nitrogen and oxygen atoms in total. The molecule has 2 aliphatic rings. The number of aliphatic carboxylic acids is 4. The van der Waals surface area contributed by atoms with Crippen molar-refractivity contribution in [2.75, 3.05) is 98.2 Å². The van der Waals surface area contributed by atoms with E-state index < -0.39 is 29.9 Å². The van der Waals surface area contributed by atoms with Crippen LogP contribution in [-0.4, -0.2) is 179 Å². The van der Waals surface area contributed by atoms with Gasteiger partial charge in [0.1, 0.15) is 11.8 Å². The summed E-state index contributed by atoms with van der Waals surface area (Å²) in [6.45, 7) is 8.24. The average molecular weight is 913 g/mol. The number of ether oxygens (including phenoxy) is 1. The molecule has 16 heteroatoms. The van der Waals surface area contributed by atoms with E-state index in [1.165, 1.54) is 11.1 Å². The Morgan fingerprint density at radius 3 is 1.80 bits per heavy atom. The van der Waals surface area contributed by atoms with Crippen LogP contribution in [0.2, 0.25) is 0 Å². The maximum Gasteiger partial charge on any atom is 0.320 e. The number of nitrogens with one attached hydrogen (secondary N) is 1. The summed E-state index contributed by atoms with van der Waals surface area (Å²) in [4.78, 5) is 69.2. The predicted octanol–water partition coefficient (Wildman–Crippen LogP) is 4.72. The number of carboxylic acid groups (broad SMARTS) is 4. The van der Waals surface area contributed by atoms with Gasteiger partial charge < -0.3 is 30.5 Å². The summed E-state index contributed by atoms with van der Waals surface area (Å²) in [7, 11) is 0. The van der Waals surface area contributed by atoms with E-state index in [1.54, 1.807) is 14.7 Å². The van der Waals surface area contributed by atoms with Crippen molar-refractivity contribution in [3.05, 3.63) is 88.5 Å². The summed E-state index contributed by atoms with van der Waals surface area (Å²) in [6.07, 6.45) is 8.93. The van der Waals surface area contributed by atoms with Crippen LogP contribution in [0.4, 0.5) is 0 Å². The maximum absolute atomic E-state index is 13.2. The zero-order valence-corrected chi connectivity index (χ0v) is 38.5. The van der Waals surface area contributed by atoms with Gasteiger partial charge in [0.15, 0.2) is 0 Å². The SMILES string of the molecule is Cc1cc(CN2CCCC[C@H]2C(=O)O)c(OCCCCCNC(=O)CN2CCN(CC(=O)O)CCN(CC(=O)O)CCN(CC(=O)O)CC2)cc1/C=C/c1cccc(-c2ccccc2)c1C. The predicted molar refractivity (Wildman–Crippen MR) is 253 cm³/mol. The van der Waals surface area contributed by atoms with Crippen LogP contribution in [0.1, 0.15) is 66.3 Å². The van der Waals surface area contributed by atoms with E-state index in [4.69, 9.17) is 4.74 Å². The first kappa shape index (κ1) is 51.3. The van der Waals surface area contributed by atoms with Gasteiger partial charge in [0.05, 0.1) is 32.8 Å². The largest absolute Gasteiger partial charge is 0.493 e. The molecule has 0 aromatic heterocycles. The monoisotopic (exact) mass is 912 g/mol. The van der Waals surface area contributed by atoms with Crippen molar-refractivity contribution in [1.82, 2.24) is 29.8 Å². The quantitative estimate of drug-likeness (QED) is 0.0725. The Morgan fingerprint density at radius 1 is 0.652 bits per heavy atom. The number of piperidine rings is 1. The second kappa shape index (κ2) is 26.5. The van der Waals surface area contributed by atoms with E-state index in [-0.39, 0.29) is 32.1 Å². The molecule has 66 heavy (non-hydrogen) atoms. The van der Waals surface area contributed by atoms with Crippen molar-refractivity contribution in [3.63, 3.8) is 0 Å². The van der Waals surface area contributed by atoms with Gasteiger partial charge in [-0.15, -0.1) is 0 Å². The van der Waals surface area contributed by atoms with Gasteiger partial charge in [-0.2, -0.15) is 0 Å². The van der Waals surface area contributed by atoms with E-state index in [2.05, 4.69) is 73.8 Å². The zero-order chi connectivity index (χ0) is 47.4. The standard InChI is InChI=1S/C50H68N6O10/c1-37-30-42(32-56-20-9-7-16-44(56)50(64)65)45(31-41(37)18-17-39-14-11-15-43(38(39)2)40-12-5-3-6-13-40)66-29-10-4-8-19-51-46(57)33-52-21-23-53(34-47(58)59)25-27-55(36-49(62)63)28-26-54(24-22-52)35-48(60)61/h3,5-6,11-15,17-18,30-31,44H,4,7-10,16,19-29,32-36H2,1-2H3,(H,51,57)(H,58,59)(H,60,61)(H,62,63)(H,64,65)/b18-17+/t44-/m0/s1. The lowest BCUT2D eigenvalue weighted by Crippen LogP contribution is -2.49. The molecule has 5 N–H and O–H groups in total. The van der Waals surface area contributed by atoms with Gasteiger partial charge in [0.25, 0.3) is 0 Å². The van der Waals surface area contributed by atoms with Gasteiger partial charge in [-0.1, -0.05) is 73.2 Å². The Hall–Kier alpha value is -5.65. The van der Waals surface area contributed by atoms with Crippen LogP contribution in [0, 0.1) is 13.8 Å². The molecule has 0 bridgehead atoms. The molecule has 0 spiro atoms. The van der Waals surface area contributed by atoms with Crippen molar-refractivity contribution < 1.29 is 49.1 Å². The molecule has 0 radical (unpaired) electrons. The van der Waals surface area contributed by atoms with Crippen LogP contribution in [0.15, 0.2) is 60.7 Å². The van der Waals surface area contributed by atoms with Gasteiger partial charge in [-0.05, 0) is 91.9 Å². The number of carbonyl (C=O) groups excluding carboxylic acids is 1. The lowest BCUT2D eigenvalue weighted by molar-refractivity contribution is -0.145. The summed E-state index contributed by atoms with van der Waals surface area (Å²) in [5.74, 6) is -3.29. The fourth-order valence-electron chi connectivity index (χ4n) is 8.68. The Balaban J connectivity index is 1.18. The van der Waals surface area contributed by atoms with Crippen LogP contribution in [0.5, 0.6) is 5.75 Å². The number of hydrogen-bond donors (Lipinski definition) is 5. The molecule has 2 saturated heterocycles. The summed E-state index contributed by atoms with van der Waals surface area (Å²) in [5.41, 5.74) is 7.67. The molecule has 2 heterocycles. The van der Waals surface area contributed by atoms with Crippen LogP contribution >= 0.6 is 0 Å². The minimum Gasteiger partial charge on any atom is -0.493 e. The van der Waals surface area contributed by atoms with Crippen LogP contribution < -0.4 is 10.1 Å². The first-order chi connectivity index (χ1) is 31.7. The molecular formula is C50H68N6O10. The first-order valence-corrected chi connectivity index (χ1v) is 23.1. The van der Waals surface area contributed by atoms with Gasteiger partial charge in [0.2, 0.25) is 5.91 Å².